The Hall–Kier alpha value is -2.69. The van der Waals surface area contributed by atoms with Gasteiger partial charge in [-0.2, -0.15) is 0 Å². The van der Waals surface area contributed by atoms with Gasteiger partial charge in [-0.05, 0) is 36.4 Å². The van der Waals surface area contributed by atoms with Crippen molar-refractivity contribution in [1.29, 1.82) is 0 Å². The van der Waals surface area contributed by atoms with E-state index in [0.717, 1.165) is 5.75 Å². The minimum atomic E-state index is -0.300. The molecule has 104 valence electrons. The van der Waals surface area contributed by atoms with Gasteiger partial charge in [0.2, 0.25) is 0 Å². The molecule has 0 saturated heterocycles. The SMILES string of the molecule is COc1ccc(OCC(=O)Nc2cccc(O)c2)cc1. The average Bonchev–Trinajstić information content (AvgIpc) is 2.46. The number of nitrogens with one attached hydrogen (secondary N) is 1. The van der Waals surface area contributed by atoms with Crippen LogP contribution in [0.25, 0.3) is 0 Å². The van der Waals surface area contributed by atoms with E-state index in [4.69, 9.17) is 9.47 Å². The molecule has 20 heavy (non-hydrogen) atoms. The van der Waals surface area contributed by atoms with Gasteiger partial charge in [0.25, 0.3) is 5.91 Å². The van der Waals surface area contributed by atoms with Gasteiger partial charge in [-0.15, -0.1) is 0 Å². The zero-order valence-electron chi connectivity index (χ0n) is 11.0. The van der Waals surface area contributed by atoms with Crippen LogP contribution in [-0.4, -0.2) is 24.7 Å². The van der Waals surface area contributed by atoms with Crippen LogP contribution in [-0.2, 0) is 4.79 Å². The average molecular weight is 273 g/mol. The van der Waals surface area contributed by atoms with Crippen molar-refractivity contribution in [2.45, 2.75) is 0 Å². The smallest absolute Gasteiger partial charge is 0.262 e. The summed E-state index contributed by atoms with van der Waals surface area (Å²) in [7, 11) is 1.58. The number of phenolic OH excluding ortho intramolecular Hbond substituents is 1. The van der Waals surface area contributed by atoms with E-state index in [1.165, 1.54) is 12.1 Å². The maximum Gasteiger partial charge on any atom is 0.262 e. The molecule has 2 aromatic carbocycles. The van der Waals surface area contributed by atoms with Crippen LogP contribution in [0.1, 0.15) is 0 Å². The van der Waals surface area contributed by atoms with Crippen LogP contribution in [0.2, 0.25) is 0 Å². The number of hydrogen-bond donors (Lipinski definition) is 2. The number of carbonyl (C=O) groups excluding carboxylic acids is 1. The van der Waals surface area contributed by atoms with Crippen molar-refractivity contribution in [3.05, 3.63) is 48.5 Å². The Labute approximate surface area is 116 Å². The van der Waals surface area contributed by atoms with Gasteiger partial charge < -0.3 is 19.9 Å². The predicted octanol–water partition coefficient (Wildman–Crippen LogP) is 2.42. The molecule has 0 fully saturated rings. The maximum atomic E-state index is 11.7. The Morgan fingerprint density at radius 2 is 1.85 bits per heavy atom. The van der Waals surface area contributed by atoms with Crippen LogP contribution >= 0.6 is 0 Å². The molecule has 5 heteroatoms. The molecule has 0 radical (unpaired) electrons. The molecule has 0 heterocycles. The van der Waals surface area contributed by atoms with Gasteiger partial charge in [-0.1, -0.05) is 6.07 Å². The monoisotopic (exact) mass is 273 g/mol. The Balaban J connectivity index is 1.85. The predicted molar refractivity (Wildman–Crippen MR) is 75.2 cm³/mol. The number of carbonyl (C=O) groups is 1. The van der Waals surface area contributed by atoms with E-state index in [0.29, 0.717) is 11.4 Å². The van der Waals surface area contributed by atoms with E-state index in [-0.39, 0.29) is 18.3 Å². The fourth-order valence-electron chi connectivity index (χ4n) is 1.60. The van der Waals surface area contributed by atoms with Gasteiger partial charge in [-0.25, -0.2) is 0 Å². The second kappa shape index (κ2) is 6.47. The standard InChI is InChI=1S/C15H15NO4/c1-19-13-5-7-14(8-6-13)20-10-15(18)16-11-3-2-4-12(17)9-11/h2-9,17H,10H2,1H3,(H,16,18). The number of methoxy groups -OCH3 is 1. The first-order valence-corrected chi connectivity index (χ1v) is 6.03. The summed E-state index contributed by atoms with van der Waals surface area (Å²) in [6, 6.07) is 13.3. The molecular formula is C15H15NO4. The van der Waals surface area contributed by atoms with Gasteiger partial charge in [-0.3, -0.25) is 4.79 Å². The Bertz CT molecular complexity index is 581. The van der Waals surface area contributed by atoms with Crippen molar-refractivity contribution in [1.82, 2.24) is 0 Å². The highest BCUT2D eigenvalue weighted by Gasteiger charge is 2.04. The second-order valence-corrected chi connectivity index (χ2v) is 4.06. The Kier molecular flexibility index (Phi) is 4.44. The summed E-state index contributed by atoms with van der Waals surface area (Å²) in [5.41, 5.74) is 0.522. The number of phenols is 1. The lowest BCUT2D eigenvalue weighted by Gasteiger charge is -2.08. The minimum absolute atomic E-state index is 0.0962. The third kappa shape index (κ3) is 3.91. The highest BCUT2D eigenvalue weighted by atomic mass is 16.5. The molecule has 2 aromatic rings. The van der Waals surface area contributed by atoms with E-state index in [1.807, 2.05) is 0 Å². The lowest BCUT2D eigenvalue weighted by molar-refractivity contribution is -0.118. The van der Waals surface area contributed by atoms with Gasteiger partial charge >= 0.3 is 0 Å². The van der Waals surface area contributed by atoms with Gasteiger partial charge in [0, 0.05) is 11.8 Å². The van der Waals surface area contributed by atoms with E-state index < -0.39 is 0 Å². The summed E-state index contributed by atoms with van der Waals surface area (Å²) in [6.07, 6.45) is 0. The quantitative estimate of drug-likeness (QED) is 0.878. The van der Waals surface area contributed by atoms with Crippen molar-refractivity contribution in [3.63, 3.8) is 0 Å². The summed E-state index contributed by atoms with van der Waals surface area (Å²) in [6.45, 7) is -0.109. The van der Waals surface area contributed by atoms with Gasteiger partial charge in [0.1, 0.15) is 17.2 Å². The number of aromatic hydroxyl groups is 1. The number of benzene rings is 2. The normalized spacial score (nSPS) is 9.85. The lowest BCUT2D eigenvalue weighted by Crippen LogP contribution is -2.20. The van der Waals surface area contributed by atoms with Crippen LogP contribution in [0.4, 0.5) is 5.69 Å². The van der Waals surface area contributed by atoms with E-state index in [9.17, 15) is 9.90 Å². The summed E-state index contributed by atoms with van der Waals surface area (Å²) >= 11 is 0. The zero-order valence-corrected chi connectivity index (χ0v) is 11.0. The number of ether oxygens (including phenoxy) is 2. The number of amides is 1. The summed E-state index contributed by atoms with van der Waals surface area (Å²) in [5.74, 6) is 1.10. The zero-order chi connectivity index (χ0) is 14.4. The molecule has 0 unspecified atom stereocenters. The molecule has 2 N–H and O–H groups in total. The summed E-state index contributed by atoms with van der Waals surface area (Å²) in [4.78, 5) is 11.7. The molecule has 0 spiro atoms. The van der Waals surface area contributed by atoms with Crippen LogP contribution in [0.3, 0.4) is 0 Å². The molecule has 1 amide bonds. The van der Waals surface area contributed by atoms with Crippen molar-refractivity contribution >= 4 is 11.6 Å². The lowest BCUT2D eigenvalue weighted by atomic mass is 10.3. The van der Waals surface area contributed by atoms with Gasteiger partial charge in [0.05, 0.1) is 7.11 Å². The van der Waals surface area contributed by atoms with Crippen molar-refractivity contribution in [3.8, 4) is 17.2 Å². The highest BCUT2D eigenvalue weighted by Crippen LogP contribution is 2.17. The molecule has 0 aliphatic carbocycles. The van der Waals surface area contributed by atoms with Crippen molar-refractivity contribution in [2.75, 3.05) is 19.0 Å². The molecule has 0 saturated carbocycles. The summed E-state index contributed by atoms with van der Waals surface area (Å²) in [5, 5.41) is 11.9. The second-order valence-electron chi connectivity index (χ2n) is 4.06. The topological polar surface area (TPSA) is 67.8 Å². The number of anilines is 1. The van der Waals surface area contributed by atoms with Crippen LogP contribution in [0, 0.1) is 0 Å². The molecule has 0 bridgehead atoms. The Morgan fingerprint density at radius 3 is 2.50 bits per heavy atom. The van der Waals surface area contributed by atoms with E-state index >= 15 is 0 Å². The molecule has 2 rings (SSSR count). The van der Waals surface area contributed by atoms with E-state index in [2.05, 4.69) is 5.32 Å². The fourth-order valence-corrected chi connectivity index (χ4v) is 1.60. The first kappa shape index (κ1) is 13.7. The van der Waals surface area contributed by atoms with Gasteiger partial charge in [0.15, 0.2) is 6.61 Å². The molecule has 0 aliphatic rings. The third-order valence-corrected chi connectivity index (χ3v) is 2.56. The third-order valence-electron chi connectivity index (χ3n) is 2.56. The molecule has 5 nitrogen and oxygen atoms in total. The first-order chi connectivity index (χ1) is 9.67. The van der Waals surface area contributed by atoms with E-state index in [1.54, 1.807) is 43.5 Å². The van der Waals surface area contributed by atoms with Crippen LogP contribution in [0.5, 0.6) is 17.2 Å². The first-order valence-electron chi connectivity index (χ1n) is 6.03. The number of rotatable bonds is 5. The fraction of sp³-hybridized carbons (Fsp3) is 0.133. The van der Waals surface area contributed by atoms with Crippen molar-refractivity contribution < 1.29 is 19.4 Å². The molecule has 0 atom stereocenters. The highest BCUT2D eigenvalue weighted by molar-refractivity contribution is 5.92. The largest absolute Gasteiger partial charge is 0.508 e. The maximum absolute atomic E-state index is 11.7. The van der Waals surface area contributed by atoms with Crippen LogP contribution < -0.4 is 14.8 Å². The summed E-state index contributed by atoms with van der Waals surface area (Å²) < 4.78 is 10.4. The molecule has 0 aromatic heterocycles. The Morgan fingerprint density at radius 1 is 1.15 bits per heavy atom. The van der Waals surface area contributed by atoms with Crippen LogP contribution in [0.15, 0.2) is 48.5 Å². The molecule has 0 aliphatic heterocycles. The number of hydrogen-bond acceptors (Lipinski definition) is 4. The minimum Gasteiger partial charge on any atom is -0.508 e. The molecular weight excluding hydrogens is 258 g/mol. The van der Waals surface area contributed by atoms with Crippen molar-refractivity contribution in [2.24, 2.45) is 0 Å².